The fraction of sp³-hybridized carbons (Fsp3) is 0.548. The third-order valence-electron chi connectivity index (χ3n) is 8.40. The molecular formula is C31H40Cl2FN3O2. The first-order valence-corrected chi connectivity index (χ1v) is 14.7. The van der Waals surface area contributed by atoms with Crippen LogP contribution in [0.5, 0.6) is 0 Å². The molecule has 8 heteroatoms. The standard InChI is InChI=1S/C31H40Cl2FN3O2/c1-6-29(35-19(2)38)25-15-21(32)7-9-23(25)20-11-13-36(14-12-20)30(39)27-18-37(31(3,4)5)17-26(27)24-10-8-22(34)16-28(24)33/h7-10,15-16,20,26-27,29H,6,11-14,17-18H2,1-5H3,(H,35,38)/t26-,27+,29-/m0/s1. The zero-order valence-corrected chi connectivity index (χ0v) is 25.1. The highest BCUT2D eigenvalue weighted by Crippen LogP contribution is 2.41. The topological polar surface area (TPSA) is 52.7 Å². The monoisotopic (exact) mass is 575 g/mol. The summed E-state index contributed by atoms with van der Waals surface area (Å²) in [4.78, 5) is 30.1. The van der Waals surface area contributed by atoms with Gasteiger partial charge in [-0.2, -0.15) is 0 Å². The van der Waals surface area contributed by atoms with E-state index in [4.69, 9.17) is 23.2 Å². The SMILES string of the molecule is CC[C@H](NC(C)=O)c1cc(Cl)ccc1C1CCN(C(=O)[C@@H]2CN(C(C)(C)C)C[C@H]2c2ccc(F)cc2Cl)CC1. The highest BCUT2D eigenvalue weighted by atomic mass is 35.5. The number of rotatable bonds is 6. The van der Waals surface area contributed by atoms with E-state index in [1.807, 2.05) is 17.0 Å². The molecule has 4 rings (SSSR count). The van der Waals surface area contributed by atoms with Gasteiger partial charge in [-0.15, -0.1) is 0 Å². The second-order valence-electron chi connectivity index (χ2n) is 12.0. The number of likely N-dealkylation sites (tertiary alicyclic amines) is 2. The summed E-state index contributed by atoms with van der Waals surface area (Å²) in [5, 5.41) is 4.09. The van der Waals surface area contributed by atoms with Crippen LogP contribution in [0.4, 0.5) is 4.39 Å². The fourth-order valence-corrected chi connectivity index (χ4v) is 6.72. The van der Waals surface area contributed by atoms with Crippen molar-refractivity contribution in [1.82, 2.24) is 15.1 Å². The highest BCUT2D eigenvalue weighted by molar-refractivity contribution is 6.31. The van der Waals surface area contributed by atoms with E-state index in [0.717, 1.165) is 30.4 Å². The van der Waals surface area contributed by atoms with Crippen LogP contribution in [-0.4, -0.2) is 53.3 Å². The van der Waals surface area contributed by atoms with Crippen molar-refractivity contribution in [2.75, 3.05) is 26.2 Å². The lowest BCUT2D eigenvalue weighted by atomic mass is 9.83. The Morgan fingerprint density at radius 3 is 2.31 bits per heavy atom. The Balaban J connectivity index is 1.52. The van der Waals surface area contributed by atoms with Crippen LogP contribution in [0.2, 0.25) is 10.0 Å². The summed E-state index contributed by atoms with van der Waals surface area (Å²) in [6.07, 6.45) is 2.45. The number of carbonyl (C=O) groups excluding carboxylic acids is 2. The number of hydrogen-bond donors (Lipinski definition) is 1. The molecular weight excluding hydrogens is 536 g/mol. The molecule has 2 fully saturated rings. The van der Waals surface area contributed by atoms with Crippen LogP contribution in [-0.2, 0) is 9.59 Å². The van der Waals surface area contributed by atoms with Gasteiger partial charge in [-0.05, 0) is 86.9 Å². The molecule has 212 valence electrons. The van der Waals surface area contributed by atoms with Crippen LogP contribution >= 0.6 is 23.2 Å². The molecule has 2 amide bonds. The van der Waals surface area contributed by atoms with Crippen molar-refractivity contribution in [3.63, 3.8) is 0 Å². The summed E-state index contributed by atoms with van der Waals surface area (Å²) in [7, 11) is 0. The molecule has 2 aromatic carbocycles. The number of piperidine rings is 1. The van der Waals surface area contributed by atoms with Gasteiger partial charge < -0.3 is 10.2 Å². The maximum atomic E-state index is 14.0. The molecule has 0 unspecified atom stereocenters. The Morgan fingerprint density at radius 2 is 1.72 bits per heavy atom. The summed E-state index contributed by atoms with van der Waals surface area (Å²) in [6, 6.07) is 10.4. The summed E-state index contributed by atoms with van der Waals surface area (Å²) in [5.74, 6) is -0.338. The van der Waals surface area contributed by atoms with Crippen molar-refractivity contribution < 1.29 is 14.0 Å². The molecule has 1 N–H and O–H groups in total. The number of hydrogen-bond acceptors (Lipinski definition) is 3. The fourth-order valence-electron chi connectivity index (χ4n) is 6.23. The van der Waals surface area contributed by atoms with Crippen molar-refractivity contribution in [3.8, 4) is 0 Å². The van der Waals surface area contributed by atoms with Gasteiger partial charge in [0.2, 0.25) is 11.8 Å². The Bertz CT molecular complexity index is 1210. The summed E-state index contributed by atoms with van der Waals surface area (Å²) in [5.41, 5.74) is 3.00. The van der Waals surface area contributed by atoms with Crippen LogP contribution in [0.15, 0.2) is 36.4 Å². The number of amides is 2. The first kappa shape index (κ1) is 29.8. The van der Waals surface area contributed by atoms with Gasteiger partial charge in [-0.25, -0.2) is 4.39 Å². The molecule has 2 aliphatic heterocycles. The Morgan fingerprint density at radius 1 is 1.05 bits per heavy atom. The molecule has 2 heterocycles. The van der Waals surface area contributed by atoms with Gasteiger partial charge in [0, 0.05) is 54.6 Å². The number of nitrogens with one attached hydrogen (secondary N) is 1. The van der Waals surface area contributed by atoms with Gasteiger partial charge in [0.15, 0.2) is 0 Å². The van der Waals surface area contributed by atoms with E-state index in [1.165, 1.54) is 24.6 Å². The second-order valence-corrected chi connectivity index (χ2v) is 12.8. The van der Waals surface area contributed by atoms with Crippen LogP contribution in [0.3, 0.4) is 0 Å². The third kappa shape index (κ3) is 6.78. The van der Waals surface area contributed by atoms with Crippen LogP contribution in [0, 0.1) is 11.7 Å². The third-order valence-corrected chi connectivity index (χ3v) is 8.97. The van der Waals surface area contributed by atoms with Crippen molar-refractivity contribution >= 4 is 35.0 Å². The first-order valence-electron chi connectivity index (χ1n) is 13.9. The molecule has 39 heavy (non-hydrogen) atoms. The van der Waals surface area contributed by atoms with E-state index >= 15 is 0 Å². The number of halogens is 3. The Labute approximate surface area is 242 Å². The van der Waals surface area contributed by atoms with Gasteiger partial charge in [0.05, 0.1) is 12.0 Å². The van der Waals surface area contributed by atoms with E-state index < -0.39 is 0 Å². The van der Waals surface area contributed by atoms with E-state index in [1.54, 1.807) is 6.07 Å². The first-order chi connectivity index (χ1) is 18.4. The molecule has 0 saturated carbocycles. The number of carbonyl (C=O) groups is 2. The molecule has 0 radical (unpaired) electrons. The predicted octanol–water partition coefficient (Wildman–Crippen LogP) is 6.94. The van der Waals surface area contributed by atoms with Crippen LogP contribution < -0.4 is 5.32 Å². The molecule has 0 aromatic heterocycles. The minimum atomic E-state index is -0.371. The zero-order chi connectivity index (χ0) is 28.5. The molecule has 5 nitrogen and oxygen atoms in total. The van der Waals surface area contributed by atoms with Gasteiger partial charge in [0.1, 0.15) is 5.82 Å². The minimum Gasteiger partial charge on any atom is -0.350 e. The van der Waals surface area contributed by atoms with Gasteiger partial charge in [0.25, 0.3) is 0 Å². The lowest BCUT2D eigenvalue weighted by Crippen LogP contribution is -2.44. The van der Waals surface area contributed by atoms with Crippen LogP contribution in [0.1, 0.15) is 88.4 Å². The van der Waals surface area contributed by atoms with E-state index in [0.29, 0.717) is 36.2 Å². The van der Waals surface area contributed by atoms with E-state index in [-0.39, 0.29) is 47.0 Å². The van der Waals surface area contributed by atoms with Crippen molar-refractivity contribution in [2.45, 2.75) is 77.3 Å². The molecule has 0 spiro atoms. The second kappa shape index (κ2) is 12.2. The molecule has 3 atom stereocenters. The molecule has 2 aliphatic rings. The van der Waals surface area contributed by atoms with Crippen LogP contribution in [0.25, 0.3) is 0 Å². The summed E-state index contributed by atoms with van der Waals surface area (Å²) < 4.78 is 13.8. The largest absolute Gasteiger partial charge is 0.350 e. The Hall–Kier alpha value is -2.15. The maximum absolute atomic E-state index is 14.0. The maximum Gasteiger partial charge on any atom is 0.227 e. The average Bonchev–Trinajstić information content (AvgIpc) is 3.33. The number of benzene rings is 2. The highest BCUT2D eigenvalue weighted by Gasteiger charge is 2.44. The Kier molecular flexibility index (Phi) is 9.30. The van der Waals surface area contributed by atoms with Gasteiger partial charge in [-0.1, -0.05) is 42.3 Å². The molecule has 0 aliphatic carbocycles. The molecule has 2 aromatic rings. The predicted molar refractivity (Wildman–Crippen MR) is 156 cm³/mol. The zero-order valence-electron chi connectivity index (χ0n) is 23.6. The number of nitrogens with zero attached hydrogens (tertiary/aromatic N) is 2. The van der Waals surface area contributed by atoms with Crippen molar-refractivity contribution in [3.05, 3.63) is 69.0 Å². The smallest absolute Gasteiger partial charge is 0.227 e. The minimum absolute atomic E-state index is 0.0649. The van der Waals surface area contributed by atoms with Crippen molar-refractivity contribution in [2.24, 2.45) is 5.92 Å². The lowest BCUT2D eigenvalue weighted by Gasteiger charge is -2.36. The van der Waals surface area contributed by atoms with E-state index in [2.05, 4.69) is 44.0 Å². The summed E-state index contributed by atoms with van der Waals surface area (Å²) in [6.45, 7) is 12.7. The van der Waals surface area contributed by atoms with Gasteiger partial charge >= 0.3 is 0 Å². The lowest BCUT2D eigenvalue weighted by molar-refractivity contribution is -0.136. The normalized spacial score (nSPS) is 21.7. The quantitative estimate of drug-likeness (QED) is 0.406. The summed E-state index contributed by atoms with van der Waals surface area (Å²) >= 11 is 12.8. The van der Waals surface area contributed by atoms with Crippen molar-refractivity contribution in [1.29, 1.82) is 0 Å². The van der Waals surface area contributed by atoms with E-state index in [9.17, 15) is 14.0 Å². The molecule has 2 saturated heterocycles. The molecule has 0 bridgehead atoms. The average molecular weight is 577 g/mol. The van der Waals surface area contributed by atoms with Gasteiger partial charge in [-0.3, -0.25) is 14.5 Å².